The van der Waals surface area contributed by atoms with Crippen molar-refractivity contribution in [3.05, 3.63) is 43.0 Å². The number of nitrogens with one attached hydrogen (secondary N) is 1. The summed E-state index contributed by atoms with van der Waals surface area (Å²) in [6, 6.07) is 0. The maximum atomic E-state index is 11.7. The van der Waals surface area contributed by atoms with Gasteiger partial charge < -0.3 is 14.9 Å². The van der Waals surface area contributed by atoms with Gasteiger partial charge in [0, 0.05) is 16.7 Å². The third kappa shape index (κ3) is 2.45. The molecule has 2 rings (SSSR count). The molecule has 1 aliphatic heterocycles. The zero-order chi connectivity index (χ0) is 14.9. The zero-order valence-electron chi connectivity index (χ0n) is 10.5. The van der Waals surface area contributed by atoms with Crippen LogP contribution in [0.15, 0.2) is 20.9 Å². The largest absolute Gasteiger partial charge is 0.388 e. The van der Waals surface area contributed by atoms with Gasteiger partial charge in [-0.15, -0.1) is 0 Å². The monoisotopic (exact) mass is 283 g/mol. The second kappa shape index (κ2) is 5.47. The summed E-state index contributed by atoms with van der Waals surface area (Å²) in [6.07, 6.45) is -3.53. The number of aliphatic hydroxyl groups is 2. The Labute approximate surface area is 111 Å². The molecule has 108 valence electrons. The quantitative estimate of drug-likeness (QED) is 0.360. The Morgan fingerprint density at radius 3 is 2.85 bits per heavy atom. The first-order valence-electron chi connectivity index (χ1n) is 5.80. The molecular formula is C10H13N5O5. The molecule has 4 atom stereocenters. The highest BCUT2D eigenvalue weighted by molar-refractivity contribution is 5.03. The fraction of sp³-hybridized carbons (Fsp3) is 0.600. The van der Waals surface area contributed by atoms with Crippen molar-refractivity contribution >= 4 is 0 Å². The molecule has 1 aliphatic rings. The lowest BCUT2D eigenvalue weighted by Gasteiger charge is -2.17. The van der Waals surface area contributed by atoms with Gasteiger partial charge in [0.2, 0.25) is 0 Å². The normalized spacial score (nSPS) is 29.1. The SMILES string of the molecule is Cc1cn([C@@H]2O[C@H](CN=[N+]=[N-])C(O)[C@@H]2O)c(=O)[nH]c1=O. The Bertz CT molecular complexity index is 661. The Balaban J connectivity index is 2.34. The summed E-state index contributed by atoms with van der Waals surface area (Å²) >= 11 is 0. The second-order valence-corrected chi connectivity index (χ2v) is 4.44. The van der Waals surface area contributed by atoms with Gasteiger partial charge in [-0.3, -0.25) is 14.3 Å². The van der Waals surface area contributed by atoms with Gasteiger partial charge in [0.15, 0.2) is 6.23 Å². The van der Waals surface area contributed by atoms with Crippen LogP contribution in [0.3, 0.4) is 0 Å². The van der Waals surface area contributed by atoms with E-state index in [1.165, 1.54) is 13.1 Å². The van der Waals surface area contributed by atoms with Gasteiger partial charge in [0.25, 0.3) is 5.56 Å². The molecule has 1 unspecified atom stereocenters. The van der Waals surface area contributed by atoms with E-state index >= 15 is 0 Å². The minimum absolute atomic E-state index is 0.178. The predicted octanol–water partition coefficient (Wildman–Crippen LogP) is -1.23. The topological polar surface area (TPSA) is 153 Å². The van der Waals surface area contributed by atoms with Gasteiger partial charge in [-0.1, -0.05) is 5.11 Å². The third-order valence-corrected chi connectivity index (χ3v) is 3.08. The van der Waals surface area contributed by atoms with Gasteiger partial charge in [-0.05, 0) is 12.5 Å². The van der Waals surface area contributed by atoms with Crippen LogP contribution < -0.4 is 11.2 Å². The molecule has 10 heteroatoms. The van der Waals surface area contributed by atoms with E-state index in [4.69, 9.17) is 10.3 Å². The molecule has 0 amide bonds. The first kappa shape index (κ1) is 14.3. The van der Waals surface area contributed by atoms with Crippen LogP contribution in [0.5, 0.6) is 0 Å². The molecule has 0 aromatic carbocycles. The van der Waals surface area contributed by atoms with Crippen LogP contribution in [0, 0.1) is 6.92 Å². The lowest BCUT2D eigenvalue weighted by Crippen LogP contribution is -2.38. The molecule has 1 aromatic rings. The number of aryl methyl sites for hydroxylation is 1. The molecule has 0 radical (unpaired) electrons. The number of ether oxygens (including phenoxy) is 1. The first-order valence-corrected chi connectivity index (χ1v) is 5.80. The summed E-state index contributed by atoms with van der Waals surface area (Å²) in [4.78, 5) is 27.6. The number of azide groups is 1. The molecule has 2 heterocycles. The molecule has 0 bridgehead atoms. The number of rotatable bonds is 3. The number of nitrogens with zero attached hydrogens (tertiary/aromatic N) is 4. The molecule has 0 saturated carbocycles. The first-order chi connectivity index (χ1) is 9.45. The summed E-state index contributed by atoms with van der Waals surface area (Å²) in [6.45, 7) is 1.31. The van der Waals surface area contributed by atoms with Crippen LogP contribution in [0.4, 0.5) is 0 Å². The lowest BCUT2D eigenvalue weighted by molar-refractivity contribution is -0.0373. The highest BCUT2D eigenvalue weighted by atomic mass is 16.6. The molecule has 0 aliphatic carbocycles. The van der Waals surface area contributed by atoms with E-state index in [0.717, 1.165) is 4.57 Å². The molecule has 1 aromatic heterocycles. The van der Waals surface area contributed by atoms with E-state index in [9.17, 15) is 19.8 Å². The van der Waals surface area contributed by atoms with Crippen LogP contribution in [-0.2, 0) is 4.74 Å². The minimum atomic E-state index is -1.38. The van der Waals surface area contributed by atoms with Crippen LogP contribution >= 0.6 is 0 Å². The van der Waals surface area contributed by atoms with Crippen LogP contribution in [-0.4, -0.2) is 44.6 Å². The molecule has 3 N–H and O–H groups in total. The Hall–Kier alpha value is -2.13. The van der Waals surface area contributed by atoms with Gasteiger partial charge in [0.05, 0.1) is 12.6 Å². The standard InChI is InChI=1S/C10H13N5O5/c1-4-3-15(10(19)13-8(4)18)9-7(17)6(16)5(20-9)2-12-14-11/h3,5-7,9,16-17H,2H2,1H3,(H,13,18,19)/t5-,6?,7+,9-/m1/s1. The van der Waals surface area contributed by atoms with E-state index in [1.807, 2.05) is 0 Å². The molecule has 10 nitrogen and oxygen atoms in total. The highest BCUT2D eigenvalue weighted by Crippen LogP contribution is 2.28. The maximum Gasteiger partial charge on any atom is 0.330 e. The summed E-state index contributed by atoms with van der Waals surface area (Å²) < 4.78 is 6.31. The van der Waals surface area contributed by atoms with Gasteiger partial charge in [-0.25, -0.2) is 4.79 Å². The zero-order valence-corrected chi connectivity index (χ0v) is 10.5. The van der Waals surface area contributed by atoms with Crippen molar-refractivity contribution in [1.29, 1.82) is 0 Å². The highest BCUT2D eigenvalue weighted by Gasteiger charge is 2.43. The Morgan fingerprint density at radius 1 is 1.50 bits per heavy atom. The Kier molecular flexibility index (Phi) is 3.91. The van der Waals surface area contributed by atoms with Gasteiger partial charge in [0.1, 0.15) is 12.2 Å². The van der Waals surface area contributed by atoms with Crippen molar-refractivity contribution in [3.63, 3.8) is 0 Å². The van der Waals surface area contributed by atoms with Crippen molar-refractivity contribution in [3.8, 4) is 0 Å². The van der Waals surface area contributed by atoms with Crippen molar-refractivity contribution in [1.82, 2.24) is 9.55 Å². The maximum absolute atomic E-state index is 11.7. The van der Waals surface area contributed by atoms with Crippen LogP contribution in [0.1, 0.15) is 11.8 Å². The van der Waals surface area contributed by atoms with Crippen LogP contribution in [0.2, 0.25) is 0 Å². The van der Waals surface area contributed by atoms with Crippen molar-refractivity contribution < 1.29 is 14.9 Å². The average Bonchev–Trinajstić information content (AvgIpc) is 2.68. The van der Waals surface area contributed by atoms with Crippen molar-refractivity contribution in [2.24, 2.45) is 5.11 Å². The van der Waals surface area contributed by atoms with Gasteiger partial charge >= 0.3 is 5.69 Å². The number of hydrogen-bond donors (Lipinski definition) is 3. The Morgan fingerprint density at radius 2 is 2.20 bits per heavy atom. The number of aromatic nitrogens is 2. The second-order valence-electron chi connectivity index (χ2n) is 4.44. The third-order valence-electron chi connectivity index (χ3n) is 3.08. The van der Waals surface area contributed by atoms with Crippen molar-refractivity contribution in [2.45, 2.75) is 31.5 Å². The van der Waals surface area contributed by atoms with Crippen molar-refractivity contribution in [2.75, 3.05) is 6.54 Å². The van der Waals surface area contributed by atoms with Gasteiger partial charge in [-0.2, -0.15) is 0 Å². The number of hydrogen-bond acceptors (Lipinski definition) is 6. The summed E-state index contributed by atoms with van der Waals surface area (Å²) in [5.74, 6) is 0. The number of aromatic amines is 1. The van der Waals surface area contributed by atoms with E-state index in [0.29, 0.717) is 0 Å². The lowest BCUT2D eigenvalue weighted by atomic mass is 10.1. The van der Waals surface area contributed by atoms with E-state index < -0.39 is 35.8 Å². The van der Waals surface area contributed by atoms with E-state index in [1.54, 1.807) is 0 Å². The molecular weight excluding hydrogens is 270 g/mol. The summed E-state index contributed by atoms with van der Waals surface area (Å²) in [5, 5.41) is 22.9. The number of aliphatic hydroxyl groups excluding tert-OH is 2. The fourth-order valence-corrected chi connectivity index (χ4v) is 2.00. The molecule has 0 spiro atoms. The molecule has 1 saturated heterocycles. The van der Waals surface area contributed by atoms with Crippen LogP contribution in [0.25, 0.3) is 10.4 Å². The predicted molar refractivity (Wildman–Crippen MR) is 66.0 cm³/mol. The fourth-order valence-electron chi connectivity index (χ4n) is 2.00. The molecule has 20 heavy (non-hydrogen) atoms. The van der Waals surface area contributed by atoms with E-state index in [-0.39, 0.29) is 12.1 Å². The number of H-pyrrole nitrogens is 1. The average molecular weight is 283 g/mol. The summed E-state index contributed by atoms with van der Waals surface area (Å²) in [5.41, 5.74) is 7.19. The van der Waals surface area contributed by atoms with E-state index in [2.05, 4.69) is 15.0 Å². The smallest absolute Gasteiger partial charge is 0.330 e. The molecule has 1 fully saturated rings. The minimum Gasteiger partial charge on any atom is -0.388 e. The summed E-state index contributed by atoms with van der Waals surface area (Å²) in [7, 11) is 0.